The molecule has 0 saturated heterocycles. The highest BCUT2D eigenvalue weighted by Crippen LogP contribution is 2.33. The van der Waals surface area contributed by atoms with Gasteiger partial charge < -0.3 is 5.11 Å². The van der Waals surface area contributed by atoms with E-state index in [9.17, 15) is 0 Å². The Morgan fingerprint density at radius 2 is 2.00 bits per heavy atom. The van der Waals surface area contributed by atoms with Crippen LogP contribution < -0.4 is 0 Å². The molecule has 1 nitrogen and oxygen atoms in total. The fourth-order valence-electron chi connectivity index (χ4n) is 1.14. The van der Waals surface area contributed by atoms with Gasteiger partial charge in [-0.15, -0.1) is 0 Å². The molecule has 1 atom stereocenters. The Balaban J connectivity index is 2.36. The van der Waals surface area contributed by atoms with Crippen molar-refractivity contribution in [2.24, 2.45) is 0 Å². The molecule has 13 heavy (non-hydrogen) atoms. The van der Waals surface area contributed by atoms with E-state index in [4.69, 9.17) is 16.3 Å². The number of hydrogen-bond donors (Lipinski definition) is 1. The average molecular weight is 228 g/mol. The molecule has 0 radical (unpaired) electrons. The van der Waals surface area contributed by atoms with Gasteiger partial charge in [0.15, 0.2) is 0 Å². The zero-order valence-corrected chi connectivity index (χ0v) is 9.22. The van der Waals surface area contributed by atoms with Crippen LogP contribution in [0.3, 0.4) is 0 Å². The molecule has 0 aliphatic carbocycles. The van der Waals surface area contributed by atoms with Crippen molar-refractivity contribution in [2.75, 3.05) is 5.75 Å². The molecular weight excluding hydrogens is 220 g/mol. The van der Waals surface area contributed by atoms with Gasteiger partial charge in [0.1, 0.15) is 5.75 Å². The molecule has 0 spiro atoms. The van der Waals surface area contributed by atoms with Gasteiger partial charge in [0, 0.05) is 10.7 Å². The van der Waals surface area contributed by atoms with E-state index in [1.165, 1.54) is 4.91 Å². The summed E-state index contributed by atoms with van der Waals surface area (Å²) in [4.78, 5) is 1.24. The second kappa shape index (κ2) is 3.82. The Morgan fingerprint density at radius 1 is 1.31 bits per heavy atom. The van der Waals surface area contributed by atoms with Gasteiger partial charge in [-0.05, 0) is 37.4 Å². The van der Waals surface area contributed by atoms with Crippen LogP contribution in [-0.4, -0.2) is 10.9 Å². The van der Waals surface area contributed by atoms with Crippen molar-refractivity contribution in [1.29, 1.82) is 0 Å². The summed E-state index contributed by atoms with van der Waals surface area (Å²) in [6.07, 6.45) is 2.17. The summed E-state index contributed by atoms with van der Waals surface area (Å²) >= 11 is 5.30. The quantitative estimate of drug-likeness (QED) is 0.746. The summed E-state index contributed by atoms with van der Waals surface area (Å²) in [5, 5.41) is 9.12. The van der Waals surface area contributed by atoms with E-state index in [0.29, 0.717) is 5.75 Å². The molecular formula is C9H8OS3. The summed E-state index contributed by atoms with van der Waals surface area (Å²) in [5.74, 6) is 1.32. The first-order valence-electron chi connectivity index (χ1n) is 3.82. The molecule has 1 unspecified atom stereocenters. The van der Waals surface area contributed by atoms with Crippen molar-refractivity contribution in [3.63, 3.8) is 0 Å². The van der Waals surface area contributed by atoms with E-state index in [0.717, 1.165) is 11.3 Å². The summed E-state index contributed by atoms with van der Waals surface area (Å²) in [5.41, 5.74) is 1.14. The van der Waals surface area contributed by atoms with Crippen molar-refractivity contribution in [1.82, 2.24) is 0 Å². The monoisotopic (exact) mass is 228 g/mol. The smallest absolute Gasteiger partial charge is 0.115 e. The fourth-order valence-corrected chi connectivity index (χ4v) is 4.72. The highest BCUT2D eigenvalue weighted by atomic mass is 33.3. The van der Waals surface area contributed by atoms with Gasteiger partial charge in [0.25, 0.3) is 0 Å². The number of rotatable bonds is 1. The molecule has 1 aliphatic rings. The Morgan fingerprint density at radius 3 is 2.54 bits per heavy atom. The van der Waals surface area contributed by atoms with Crippen molar-refractivity contribution in [2.45, 2.75) is 0 Å². The van der Waals surface area contributed by atoms with Gasteiger partial charge in [-0.3, -0.25) is 0 Å². The minimum atomic E-state index is -0.0887. The molecule has 0 fully saturated rings. The summed E-state index contributed by atoms with van der Waals surface area (Å²) < 4.78 is 0. The molecule has 1 N–H and O–H groups in total. The van der Waals surface area contributed by atoms with Crippen LogP contribution in [0.2, 0.25) is 0 Å². The topological polar surface area (TPSA) is 20.2 Å². The maximum absolute atomic E-state index is 9.12. The lowest BCUT2D eigenvalue weighted by atomic mass is 10.2. The first-order valence-corrected chi connectivity index (χ1v) is 7.47. The van der Waals surface area contributed by atoms with Gasteiger partial charge in [-0.1, -0.05) is 29.0 Å². The van der Waals surface area contributed by atoms with Crippen LogP contribution in [0.15, 0.2) is 30.3 Å². The van der Waals surface area contributed by atoms with E-state index >= 15 is 0 Å². The molecule has 0 amide bonds. The number of phenols is 1. The van der Waals surface area contributed by atoms with E-state index in [2.05, 4.69) is 6.08 Å². The van der Waals surface area contributed by atoms with Gasteiger partial charge >= 0.3 is 0 Å². The Kier molecular flexibility index (Phi) is 2.71. The summed E-state index contributed by atoms with van der Waals surface area (Å²) in [7, 11) is 1.70. The van der Waals surface area contributed by atoms with Crippen LogP contribution in [0.5, 0.6) is 5.75 Å². The van der Waals surface area contributed by atoms with Crippen LogP contribution in [0.1, 0.15) is 5.56 Å². The SMILES string of the molecule is Oc1ccc(C2=CCSS2=S)cc1. The van der Waals surface area contributed by atoms with Crippen LogP contribution in [-0.2, 0) is 19.7 Å². The third kappa shape index (κ3) is 1.95. The highest BCUT2D eigenvalue weighted by molar-refractivity contribution is 8.86. The summed E-state index contributed by atoms with van der Waals surface area (Å²) in [6, 6.07) is 7.23. The Labute approximate surface area is 87.8 Å². The first kappa shape index (κ1) is 9.24. The Hall–Kier alpha value is -0.320. The Bertz CT molecular complexity index is 367. The lowest BCUT2D eigenvalue weighted by Crippen LogP contribution is -1.83. The maximum atomic E-state index is 9.12. The summed E-state index contributed by atoms with van der Waals surface area (Å²) in [6.45, 7) is 0. The van der Waals surface area contributed by atoms with E-state index in [-0.39, 0.29) is 8.49 Å². The molecule has 2 rings (SSSR count). The largest absolute Gasteiger partial charge is 0.508 e. The zero-order valence-electron chi connectivity index (χ0n) is 6.77. The third-order valence-corrected chi connectivity index (χ3v) is 6.05. The van der Waals surface area contributed by atoms with Crippen molar-refractivity contribution >= 4 is 35.4 Å². The fraction of sp³-hybridized carbons (Fsp3) is 0.111. The number of aromatic hydroxyl groups is 1. The maximum Gasteiger partial charge on any atom is 0.115 e. The van der Waals surface area contributed by atoms with Gasteiger partial charge in [0.2, 0.25) is 0 Å². The number of hydrogen-bond acceptors (Lipinski definition) is 3. The molecule has 0 aromatic heterocycles. The predicted octanol–water partition coefficient (Wildman–Crippen LogP) is 2.48. The second-order valence-corrected chi connectivity index (χ2v) is 7.45. The van der Waals surface area contributed by atoms with Crippen LogP contribution in [0.4, 0.5) is 0 Å². The molecule has 4 heteroatoms. The van der Waals surface area contributed by atoms with E-state index < -0.39 is 0 Å². The zero-order chi connectivity index (χ0) is 9.26. The molecule has 1 aromatic rings. The number of benzene rings is 1. The predicted molar refractivity (Wildman–Crippen MR) is 63.3 cm³/mol. The second-order valence-electron chi connectivity index (χ2n) is 2.63. The lowest BCUT2D eigenvalue weighted by Gasteiger charge is -2.02. The molecule has 1 heterocycles. The first-order chi connectivity index (χ1) is 6.27. The van der Waals surface area contributed by atoms with Crippen LogP contribution in [0.25, 0.3) is 4.91 Å². The molecule has 0 bridgehead atoms. The van der Waals surface area contributed by atoms with Crippen LogP contribution in [0, 0.1) is 0 Å². The van der Waals surface area contributed by atoms with E-state index in [1.807, 2.05) is 12.1 Å². The molecule has 0 saturated carbocycles. The molecule has 68 valence electrons. The van der Waals surface area contributed by atoms with Gasteiger partial charge in [-0.2, -0.15) is 0 Å². The van der Waals surface area contributed by atoms with Crippen molar-refractivity contribution in [3.05, 3.63) is 35.9 Å². The highest BCUT2D eigenvalue weighted by Gasteiger charge is 2.12. The van der Waals surface area contributed by atoms with Crippen LogP contribution >= 0.6 is 10.8 Å². The molecule has 1 aliphatic heterocycles. The lowest BCUT2D eigenvalue weighted by molar-refractivity contribution is 0.475. The standard InChI is InChI=1S/C9H8OS3/c10-8-3-1-7(2-4-8)9-5-6-12-13(9)11/h1-5,10H,6H2. The third-order valence-electron chi connectivity index (χ3n) is 1.78. The van der Waals surface area contributed by atoms with Crippen molar-refractivity contribution < 1.29 is 5.11 Å². The van der Waals surface area contributed by atoms with Crippen molar-refractivity contribution in [3.8, 4) is 5.75 Å². The average Bonchev–Trinajstić information content (AvgIpc) is 2.53. The number of phenolic OH excluding ortho intramolecular Hbond substituents is 1. The molecule has 1 aromatic carbocycles. The van der Waals surface area contributed by atoms with Gasteiger partial charge in [-0.25, -0.2) is 0 Å². The van der Waals surface area contributed by atoms with E-state index in [1.54, 1.807) is 22.9 Å². The minimum absolute atomic E-state index is 0.0887. The van der Waals surface area contributed by atoms with Gasteiger partial charge in [0.05, 0.1) is 0 Å². The minimum Gasteiger partial charge on any atom is -0.508 e. The normalized spacial score (nSPS) is 21.5.